The maximum atomic E-state index is 12.7. The number of aliphatic carboxylic acids is 1. The van der Waals surface area contributed by atoms with Gasteiger partial charge in [0.25, 0.3) is 0 Å². The van der Waals surface area contributed by atoms with Crippen LogP contribution in [0.3, 0.4) is 0 Å². The summed E-state index contributed by atoms with van der Waals surface area (Å²) in [6, 6.07) is -0.878. The summed E-state index contributed by atoms with van der Waals surface area (Å²) in [5.74, 6) is -1.37. The molecule has 2 atom stereocenters. The standard InChI is InChI=1S/C47H82N2O5/c1-3-5-7-9-11-13-14-15-16-17-18-19-20-21-22-23-24-25-27-29-35-41-46(51)54-43(37-32-28-26-12-10-8-6-4-2)38-33-30-31-34-40-45(50)49-44(47(52)53)39-36-42-48/h6,8,12,14-15,17-18,26,32,37,43-44H,3-5,7,9-11,13,16,19-25,27-31,33-36,38-42,48H2,1-2H3,(H,49,50)(H,52,53)/b8-6-,15-14-,18-17-,26-12-,37-32-. The lowest BCUT2D eigenvalue weighted by molar-refractivity contribution is -0.147. The molecule has 4 N–H and O–H groups in total. The lowest BCUT2D eigenvalue weighted by Crippen LogP contribution is -2.40. The third kappa shape index (κ3) is 37.4. The van der Waals surface area contributed by atoms with Crippen molar-refractivity contribution in [3.05, 3.63) is 60.8 Å². The van der Waals surface area contributed by atoms with Gasteiger partial charge in [0.05, 0.1) is 0 Å². The van der Waals surface area contributed by atoms with Crippen LogP contribution in [0.15, 0.2) is 60.8 Å². The first kappa shape index (κ1) is 51.1. The number of carbonyl (C=O) groups excluding carboxylic acids is 2. The van der Waals surface area contributed by atoms with Crippen LogP contribution in [-0.4, -0.2) is 41.6 Å². The van der Waals surface area contributed by atoms with E-state index in [9.17, 15) is 19.5 Å². The molecule has 0 rings (SSSR count). The van der Waals surface area contributed by atoms with Crippen LogP contribution in [0.1, 0.15) is 200 Å². The van der Waals surface area contributed by atoms with Gasteiger partial charge in [0.1, 0.15) is 12.1 Å². The summed E-state index contributed by atoms with van der Waals surface area (Å²) in [6.07, 6.45) is 51.5. The van der Waals surface area contributed by atoms with Crippen molar-refractivity contribution >= 4 is 17.8 Å². The van der Waals surface area contributed by atoms with Crippen molar-refractivity contribution in [2.24, 2.45) is 5.73 Å². The molecule has 54 heavy (non-hydrogen) atoms. The number of nitrogens with two attached hydrogens (primary N) is 1. The number of carboxylic acids is 1. The van der Waals surface area contributed by atoms with Crippen LogP contribution in [0.5, 0.6) is 0 Å². The van der Waals surface area contributed by atoms with Gasteiger partial charge in [-0.3, -0.25) is 9.59 Å². The maximum Gasteiger partial charge on any atom is 0.326 e. The number of esters is 1. The summed E-state index contributed by atoms with van der Waals surface area (Å²) in [5, 5.41) is 11.9. The molecule has 2 unspecified atom stereocenters. The van der Waals surface area contributed by atoms with E-state index in [4.69, 9.17) is 10.5 Å². The van der Waals surface area contributed by atoms with E-state index in [1.165, 1.54) is 89.9 Å². The molecule has 310 valence electrons. The summed E-state index contributed by atoms with van der Waals surface area (Å²) < 4.78 is 5.90. The SMILES string of the molecule is CC/C=C\C/C=C\C/C=C\C(CCCCCCC(=O)NC(CCCN)C(=O)O)OC(=O)CCCCCCCCCCC/C=C\C/C=C\CCCCCCC. The Bertz CT molecular complexity index is 1030. The second kappa shape index (κ2) is 41.2. The summed E-state index contributed by atoms with van der Waals surface area (Å²) >= 11 is 0. The van der Waals surface area contributed by atoms with Gasteiger partial charge in [0.2, 0.25) is 5.91 Å². The van der Waals surface area contributed by atoms with Crippen LogP contribution < -0.4 is 11.1 Å². The van der Waals surface area contributed by atoms with Crippen molar-refractivity contribution in [1.82, 2.24) is 5.32 Å². The minimum Gasteiger partial charge on any atom is -0.480 e. The number of hydrogen-bond acceptors (Lipinski definition) is 5. The van der Waals surface area contributed by atoms with Crippen LogP contribution in [0, 0.1) is 0 Å². The number of allylic oxidation sites excluding steroid dienone is 9. The molecular weight excluding hydrogens is 673 g/mol. The lowest BCUT2D eigenvalue weighted by Gasteiger charge is -2.15. The number of carboxylic acid groups (broad SMARTS) is 1. The minimum atomic E-state index is -1.02. The molecule has 0 saturated carbocycles. The fourth-order valence-electron chi connectivity index (χ4n) is 6.24. The van der Waals surface area contributed by atoms with Crippen molar-refractivity contribution in [2.45, 2.75) is 212 Å². The van der Waals surface area contributed by atoms with Crippen LogP contribution in [-0.2, 0) is 19.1 Å². The molecule has 0 radical (unpaired) electrons. The van der Waals surface area contributed by atoms with E-state index in [0.717, 1.165) is 64.2 Å². The van der Waals surface area contributed by atoms with Gasteiger partial charge in [0, 0.05) is 12.8 Å². The quantitative estimate of drug-likeness (QED) is 0.0327. The zero-order valence-corrected chi connectivity index (χ0v) is 34.8. The Morgan fingerprint density at radius 3 is 1.65 bits per heavy atom. The zero-order valence-electron chi connectivity index (χ0n) is 34.8. The van der Waals surface area contributed by atoms with Gasteiger partial charge in [-0.15, -0.1) is 0 Å². The van der Waals surface area contributed by atoms with E-state index in [1.54, 1.807) is 0 Å². The van der Waals surface area contributed by atoms with Crippen LogP contribution in [0.4, 0.5) is 0 Å². The van der Waals surface area contributed by atoms with Crippen molar-refractivity contribution in [3.63, 3.8) is 0 Å². The zero-order chi connectivity index (χ0) is 39.6. The first-order valence-corrected chi connectivity index (χ1v) is 22.1. The number of unbranched alkanes of at least 4 members (excludes halogenated alkanes) is 17. The molecule has 0 saturated heterocycles. The first-order chi connectivity index (χ1) is 26.4. The Hall–Kier alpha value is -2.93. The van der Waals surface area contributed by atoms with Crippen molar-refractivity contribution in [2.75, 3.05) is 6.54 Å². The number of ether oxygens (including phenoxy) is 1. The molecule has 0 fully saturated rings. The summed E-state index contributed by atoms with van der Waals surface area (Å²) in [4.78, 5) is 36.3. The van der Waals surface area contributed by atoms with Gasteiger partial charge in [-0.2, -0.15) is 0 Å². The summed E-state index contributed by atoms with van der Waals surface area (Å²) in [5.41, 5.74) is 5.48. The number of rotatable bonds is 39. The molecule has 7 heteroatoms. The molecule has 0 aliphatic rings. The van der Waals surface area contributed by atoms with E-state index < -0.39 is 12.0 Å². The molecule has 0 aliphatic carbocycles. The molecule has 0 spiro atoms. The van der Waals surface area contributed by atoms with Crippen LogP contribution in [0.2, 0.25) is 0 Å². The first-order valence-electron chi connectivity index (χ1n) is 22.1. The summed E-state index contributed by atoms with van der Waals surface area (Å²) in [7, 11) is 0. The van der Waals surface area contributed by atoms with Gasteiger partial charge in [-0.1, -0.05) is 152 Å². The van der Waals surface area contributed by atoms with Crippen molar-refractivity contribution in [1.29, 1.82) is 0 Å². The number of nitrogens with one attached hydrogen (secondary N) is 1. The van der Waals surface area contributed by atoms with Crippen LogP contribution in [0.25, 0.3) is 0 Å². The van der Waals surface area contributed by atoms with Crippen molar-refractivity contribution < 1.29 is 24.2 Å². The third-order valence-electron chi connectivity index (χ3n) is 9.55. The fourth-order valence-corrected chi connectivity index (χ4v) is 6.24. The van der Waals surface area contributed by atoms with Crippen LogP contribution >= 0.6 is 0 Å². The molecular formula is C47H82N2O5. The fraction of sp³-hybridized carbons (Fsp3) is 0.723. The number of carbonyl (C=O) groups is 3. The number of amides is 1. The topological polar surface area (TPSA) is 119 Å². The van der Waals surface area contributed by atoms with E-state index in [1.807, 2.05) is 6.08 Å². The maximum absolute atomic E-state index is 12.7. The second-order valence-electron chi connectivity index (χ2n) is 14.7. The summed E-state index contributed by atoms with van der Waals surface area (Å²) in [6.45, 7) is 4.79. The second-order valence-corrected chi connectivity index (χ2v) is 14.7. The molecule has 0 aromatic carbocycles. The highest BCUT2D eigenvalue weighted by Crippen LogP contribution is 2.15. The van der Waals surface area contributed by atoms with E-state index in [2.05, 4.69) is 73.8 Å². The van der Waals surface area contributed by atoms with E-state index in [0.29, 0.717) is 38.6 Å². The molecule has 1 amide bonds. The molecule has 0 heterocycles. The highest BCUT2D eigenvalue weighted by Gasteiger charge is 2.19. The average molecular weight is 755 g/mol. The van der Waals surface area contributed by atoms with Crippen molar-refractivity contribution in [3.8, 4) is 0 Å². The lowest BCUT2D eigenvalue weighted by atomic mass is 10.1. The Kier molecular flexibility index (Phi) is 39.0. The Morgan fingerprint density at radius 1 is 0.574 bits per heavy atom. The molecule has 7 nitrogen and oxygen atoms in total. The predicted molar refractivity (Wildman–Crippen MR) is 229 cm³/mol. The van der Waals surface area contributed by atoms with E-state index in [-0.39, 0.29) is 18.0 Å². The predicted octanol–water partition coefficient (Wildman–Crippen LogP) is 12.6. The average Bonchev–Trinajstić information content (AvgIpc) is 3.16. The minimum absolute atomic E-state index is 0.118. The third-order valence-corrected chi connectivity index (χ3v) is 9.55. The van der Waals surface area contributed by atoms with E-state index >= 15 is 0 Å². The van der Waals surface area contributed by atoms with Gasteiger partial charge in [-0.05, 0) is 103 Å². The Morgan fingerprint density at radius 2 is 1.07 bits per heavy atom. The monoisotopic (exact) mass is 755 g/mol. The Balaban J connectivity index is 4.21. The highest BCUT2D eigenvalue weighted by atomic mass is 16.5. The Labute approximate surface area is 331 Å². The van der Waals surface area contributed by atoms with Gasteiger partial charge in [0.15, 0.2) is 0 Å². The number of hydrogen-bond donors (Lipinski definition) is 3. The van der Waals surface area contributed by atoms with Gasteiger partial charge < -0.3 is 20.9 Å². The molecule has 0 bridgehead atoms. The molecule has 0 aromatic rings. The molecule has 0 aromatic heterocycles. The smallest absolute Gasteiger partial charge is 0.326 e. The normalized spacial score (nSPS) is 13.2. The largest absolute Gasteiger partial charge is 0.480 e. The van der Waals surface area contributed by atoms with Gasteiger partial charge >= 0.3 is 11.9 Å². The molecule has 0 aliphatic heterocycles. The van der Waals surface area contributed by atoms with Gasteiger partial charge in [-0.25, -0.2) is 4.79 Å². The highest BCUT2D eigenvalue weighted by molar-refractivity contribution is 5.83.